The van der Waals surface area contributed by atoms with Gasteiger partial charge in [0.1, 0.15) is 6.79 Å². The molecule has 5 atom stereocenters. The minimum Gasteiger partial charge on any atom is -0.392 e. The molecule has 0 saturated heterocycles. The number of aliphatic hydroxyl groups is 1. The topological polar surface area (TPSA) is 55.8 Å². The van der Waals surface area contributed by atoms with Crippen molar-refractivity contribution in [3.05, 3.63) is 23.8 Å². The van der Waals surface area contributed by atoms with Crippen LogP contribution >= 0.6 is 0 Å². The Morgan fingerprint density at radius 3 is 2.69 bits per heavy atom. The van der Waals surface area contributed by atoms with Gasteiger partial charge in [0, 0.05) is 29.9 Å². The van der Waals surface area contributed by atoms with Gasteiger partial charge in [-0.25, -0.2) is 0 Å². The predicted octanol–water partition coefficient (Wildman–Crippen LogP) is 4.42. The van der Waals surface area contributed by atoms with Crippen LogP contribution < -0.4 is 0 Å². The van der Waals surface area contributed by atoms with Gasteiger partial charge in [-0.05, 0) is 38.0 Å². The number of allylic oxidation sites excluding steroid dienone is 1. The average Bonchev–Trinajstić information content (AvgIpc) is 3.02. The molecule has 0 bridgehead atoms. The van der Waals surface area contributed by atoms with E-state index in [1.807, 2.05) is 19.9 Å². The molecule has 0 aromatic rings. The van der Waals surface area contributed by atoms with Crippen molar-refractivity contribution in [2.24, 2.45) is 16.7 Å². The minimum atomic E-state index is -0.496. The number of rotatable bonds is 9. The van der Waals surface area contributed by atoms with Gasteiger partial charge < -0.3 is 14.6 Å². The van der Waals surface area contributed by atoms with Crippen molar-refractivity contribution in [3.63, 3.8) is 0 Å². The van der Waals surface area contributed by atoms with Crippen molar-refractivity contribution < 1.29 is 19.4 Å². The monoisotopic (exact) mass is 364 g/mol. The van der Waals surface area contributed by atoms with E-state index < -0.39 is 11.5 Å². The Bertz CT molecular complexity index is 566. The van der Waals surface area contributed by atoms with Crippen molar-refractivity contribution in [2.45, 2.75) is 78.4 Å². The first kappa shape index (κ1) is 21.3. The third-order valence-corrected chi connectivity index (χ3v) is 7.02. The highest BCUT2D eigenvalue weighted by Gasteiger charge is 2.52. The molecule has 2 rings (SSSR count). The third-order valence-electron chi connectivity index (χ3n) is 7.02. The summed E-state index contributed by atoms with van der Waals surface area (Å²) in [6.45, 7) is 12.6. The molecule has 0 unspecified atom stereocenters. The van der Waals surface area contributed by atoms with Crippen molar-refractivity contribution in [1.82, 2.24) is 0 Å². The normalized spacial score (nSPS) is 30.7. The highest BCUT2D eigenvalue weighted by molar-refractivity contribution is 6.00. The number of hydrogen-bond donors (Lipinski definition) is 1. The van der Waals surface area contributed by atoms with Crippen LogP contribution in [0.1, 0.15) is 66.2 Å². The zero-order valence-electron chi connectivity index (χ0n) is 17.1. The summed E-state index contributed by atoms with van der Waals surface area (Å²) in [7, 11) is 1.61. The van der Waals surface area contributed by atoms with Gasteiger partial charge in [0.25, 0.3) is 0 Å². The second-order valence-electron chi connectivity index (χ2n) is 8.52. The maximum Gasteiger partial charge on any atom is 0.159 e. The number of carbonyl (C=O) groups excluding carboxylic acids is 1. The van der Waals surface area contributed by atoms with Crippen LogP contribution in [0.25, 0.3) is 0 Å². The van der Waals surface area contributed by atoms with E-state index in [0.717, 1.165) is 24.8 Å². The fourth-order valence-electron chi connectivity index (χ4n) is 4.87. The van der Waals surface area contributed by atoms with Gasteiger partial charge in [0.2, 0.25) is 0 Å². The Labute approximate surface area is 158 Å². The van der Waals surface area contributed by atoms with Crippen molar-refractivity contribution >= 4 is 5.78 Å². The smallest absolute Gasteiger partial charge is 0.159 e. The molecule has 4 heteroatoms. The summed E-state index contributed by atoms with van der Waals surface area (Å²) in [5.41, 5.74) is 1.47. The lowest BCUT2D eigenvalue weighted by Crippen LogP contribution is -2.48. The molecule has 0 heterocycles. The highest BCUT2D eigenvalue weighted by Crippen LogP contribution is 2.54. The van der Waals surface area contributed by atoms with Gasteiger partial charge in [-0.1, -0.05) is 39.3 Å². The van der Waals surface area contributed by atoms with E-state index in [2.05, 4.69) is 20.4 Å². The van der Waals surface area contributed by atoms with E-state index in [0.29, 0.717) is 25.2 Å². The molecule has 1 N–H and O–H groups in total. The lowest BCUT2D eigenvalue weighted by molar-refractivity contribution is -0.142. The molecule has 0 amide bonds. The molecule has 2 aliphatic rings. The van der Waals surface area contributed by atoms with Crippen LogP contribution in [-0.4, -0.2) is 37.0 Å². The maximum absolute atomic E-state index is 12.8. The van der Waals surface area contributed by atoms with Crippen molar-refractivity contribution in [2.75, 3.05) is 13.9 Å². The molecular formula is C22H36O4. The van der Waals surface area contributed by atoms with E-state index in [9.17, 15) is 9.90 Å². The molecule has 0 aromatic heterocycles. The third kappa shape index (κ3) is 3.69. The SMILES string of the molecule is C=C[C@](C)(C[C@@H](OCOC)[C@@]1(C)C2=C(CCC2=O)CC[C@@H]1C)[C@@H](O)CC. The summed E-state index contributed by atoms with van der Waals surface area (Å²) in [6.07, 6.45) is 6.00. The van der Waals surface area contributed by atoms with Gasteiger partial charge in [-0.2, -0.15) is 0 Å². The summed E-state index contributed by atoms with van der Waals surface area (Å²) in [6, 6.07) is 0. The van der Waals surface area contributed by atoms with E-state index in [-0.39, 0.29) is 24.1 Å². The Hall–Kier alpha value is -0.970. The molecule has 0 spiro atoms. The molecule has 0 fully saturated rings. The Morgan fingerprint density at radius 1 is 1.42 bits per heavy atom. The Kier molecular flexibility index (Phi) is 6.86. The molecule has 0 saturated carbocycles. The molecule has 0 radical (unpaired) electrons. The molecule has 2 aliphatic carbocycles. The minimum absolute atomic E-state index is 0.180. The standard InChI is InChI=1S/C22H36O4/c1-7-18(24)21(4,8-2)13-19(26-14-25-6)22(5)15(3)9-10-16-11-12-17(23)20(16)22/h8,15,18-19,24H,2,7,9-14H2,1,3-6H3/t15-,18-,19+,21+,22-/m0/s1. The zero-order chi connectivity index (χ0) is 19.5. The largest absolute Gasteiger partial charge is 0.392 e. The first-order chi connectivity index (χ1) is 12.2. The molecule has 26 heavy (non-hydrogen) atoms. The van der Waals surface area contributed by atoms with Crippen LogP contribution in [0.3, 0.4) is 0 Å². The summed E-state index contributed by atoms with van der Waals surface area (Å²) in [5, 5.41) is 10.6. The first-order valence-electron chi connectivity index (χ1n) is 9.92. The van der Waals surface area contributed by atoms with Crippen LogP contribution in [0, 0.1) is 16.7 Å². The second-order valence-corrected chi connectivity index (χ2v) is 8.52. The van der Waals surface area contributed by atoms with Gasteiger partial charge >= 0.3 is 0 Å². The van der Waals surface area contributed by atoms with Gasteiger partial charge in [0.15, 0.2) is 5.78 Å². The Morgan fingerprint density at radius 2 is 2.12 bits per heavy atom. The zero-order valence-corrected chi connectivity index (χ0v) is 17.1. The number of Topliss-reactive ketones (excluding diaryl/α,β-unsaturated/α-hetero) is 1. The van der Waals surface area contributed by atoms with E-state index >= 15 is 0 Å². The predicted molar refractivity (Wildman–Crippen MR) is 104 cm³/mol. The number of carbonyl (C=O) groups is 1. The number of hydrogen-bond acceptors (Lipinski definition) is 4. The van der Waals surface area contributed by atoms with Crippen LogP contribution in [0.4, 0.5) is 0 Å². The molecule has 4 nitrogen and oxygen atoms in total. The number of ketones is 1. The Balaban J connectivity index is 2.45. The van der Waals surface area contributed by atoms with Crippen LogP contribution in [0.5, 0.6) is 0 Å². The van der Waals surface area contributed by atoms with Gasteiger partial charge in [0.05, 0.1) is 12.2 Å². The second kappa shape index (κ2) is 8.37. The average molecular weight is 365 g/mol. The van der Waals surface area contributed by atoms with Gasteiger partial charge in [-0.15, -0.1) is 6.58 Å². The van der Waals surface area contributed by atoms with Crippen molar-refractivity contribution in [3.8, 4) is 0 Å². The summed E-state index contributed by atoms with van der Waals surface area (Å²) in [5.74, 6) is 0.606. The number of aliphatic hydroxyl groups excluding tert-OH is 1. The van der Waals surface area contributed by atoms with E-state index in [1.165, 1.54) is 5.57 Å². The summed E-state index contributed by atoms with van der Waals surface area (Å²) >= 11 is 0. The lowest BCUT2D eigenvalue weighted by Gasteiger charge is -2.48. The van der Waals surface area contributed by atoms with Crippen LogP contribution in [-0.2, 0) is 14.3 Å². The molecular weight excluding hydrogens is 328 g/mol. The summed E-state index contributed by atoms with van der Waals surface area (Å²) < 4.78 is 11.4. The van der Waals surface area contributed by atoms with E-state index in [4.69, 9.17) is 9.47 Å². The molecule has 0 aromatic carbocycles. The van der Waals surface area contributed by atoms with Crippen LogP contribution in [0.15, 0.2) is 23.8 Å². The van der Waals surface area contributed by atoms with Gasteiger partial charge in [-0.3, -0.25) is 4.79 Å². The quantitative estimate of drug-likeness (QED) is 0.486. The molecule has 0 aliphatic heterocycles. The van der Waals surface area contributed by atoms with Crippen LogP contribution in [0.2, 0.25) is 0 Å². The van der Waals surface area contributed by atoms with E-state index in [1.54, 1.807) is 7.11 Å². The molecule has 148 valence electrons. The highest BCUT2D eigenvalue weighted by atomic mass is 16.7. The first-order valence-corrected chi connectivity index (χ1v) is 9.92. The lowest BCUT2D eigenvalue weighted by atomic mass is 9.59. The fourth-order valence-corrected chi connectivity index (χ4v) is 4.87. The maximum atomic E-state index is 12.8. The fraction of sp³-hybridized carbons (Fsp3) is 0.773. The van der Waals surface area contributed by atoms with Crippen molar-refractivity contribution in [1.29, 1.82) is 0 Å². The summed E-state index contributed by atoms with van der Waals surface area (Å²) in [4.78, 5) is 12.8. The number of ether oxygens (including phenoxy) is 2. The number of methoxy groups -OCH3 is 1.